The molecule has 4 aliphatic rings. The molecule has 1 atom stereocenters. The Kier molecular flexibility index (Phi) is 5.44. The van der Waals surface area contributed by atoms with E-state index in [1.807, 2.05) is 17.8 Å². The maximum atomic E-state index is 5.22. The lowest BCUT2D eigenvalue weighted by molar-refractivity contribution is 0.144. The van der Waals surface area contributed by atoms with Crippen LogP contribution in [0.5, 0.6) is 0 Å². The Hall–Kier alpha value is -3.06. The Morgan fingerprint density at radius 3 is 2.53 bits per heavy atom. The predicted molar refractivity (Wildman–Crippen MR) is 133 cm³/mol. The number of ether oxygens (including phenoxy) is 1. The molecule has 0 amide bonds. The van der Waals surface area contributed by atoms with E-state index in [4.69, 9.17) is 19.8 Å². The Bertz CT molecular complexity index is 1260. The minimum absolute atomic E-state index is 0.655. The molecule has 3 aromatic rings. The summed E-state index contributed by atoms with van der Waals surface area (Å²) in [6.07, 6.45) is 7.74. The van der Waals surface area contributed by atoms with Crippen LogP contribution in [-0.4, -0.2) is 77.0 Å². The Balaban J connectivity index is 0.000000674. The molecular weight excluding hydrogens is 426 g/mol. The second-order valence-electron chi connectivity index (χ2n) is 9.83. The fraction of sp³-hybridized carbons (Fsp3) is 0.500. The zero-order valence-corrected chi connectivity index (χ0v) is 19.9. The third-order valence-corrected chi connectivity index (χ3v) is 7.54. The van der Waals surface area contributed by atoms with E-state index in [2.05, 4.69) is 44.9 Å². The molecule has 0 radical (unpaired) electrons. The summed E-state index contributed by atoms with van der Waals surface area (Å²) in [4.78, 5) is 17.7. The number of benzene rings is 1. The average Bonchev–Trinajstić information content (AvgIpc) is 3.76. The predicted octanol–water partition coefficient (Wildman–Crippen LogP) is 3.34. The van der Waals surface area contributed by atoms with Crippen LogP contribution in [0.4, 0.5) is 5.82 Å². The van der Waals surface area contributed by atoms with Crippen molar-refractivity contribution in [2.24, 2.45) is 10.4 Å². The van der Waals surface area contributed by atoms with Crippen molar-refractivity contribution in [2.75, 3.05) is 51.3 Å². The van der Waals surface area contributed by atoms with Crippen LogP contribution in [0.25, 0.3) is 16.7 Å². The van der Waals surface area contributed by atoms with Crippen LogP contribution in [0.2, 0.25) is 0 Å². The molecule has 3 fully saturated rings. The van der Waals surface area contributed by atoms with E-state index >= 15 is 0 Å². The summed E-state index contributed by atoms with van der Waals surface area (Å²) in [5.74, 6) is 5.88. The second-order valence-corrected chi connectivity index (χ2v) is 9.83. The molecule has 2 aliphatic heterocycles. The minimum Gasteiger partial charge on any atom is -0.383 e. The molecule has 1 saturated heterocycles. The molecule has 7 rings (SSSR count). The van der Waals surface area contributed by atoms with Gasteiger partial charge in [0.2, 0.25) is 0 Å². The number of hydrogen-bond donors (Lipinski definition) is 0. The van der Waals surface area contributed by atoms with Crippen molar-refractivity contribution in [1.29, 1.82) is 0 Å². The lowest BCUT2D eigenvalue weighted by Crippen LogP contribution is -2.47. The fourth-order valence-corrected chi connectivity index (χ4v) is 5.19. The maximum absolute atomic E-state index is 5.22. The van der Waals surface area contributed by atoms with Crippen molar-refractivity contribution < 1.29 is 4.74 Å². The molecule has 0 N–H and O–H groups in total. The average molecular weight is 458 g/mol. The number of aliphatic imine (C=N–C) groups is 1. The fourth-order valence-electron chi connectivity index (χ4n) is 5.19. The second kappa shape index (κ2) is 8.62. The van der Waals surface area contributed by atoms with E-state index in [9.17, 15) is 0 Å². The summed E-state index contributed by atoms with van der Waals surface area (Å²) in [5, 5.41) is 5.86. The number of nitrogens with zero attached hydrogens (tertiary/aromatic N) is 7. The van der Waals surface area contributed by atoms with E-state index < -0.39 is 0 Å². The van der Waals surface area contributed by atoms with Crippen molar-refractivity contribution in [3.05, 3.63) is 48.1 Å². The molecule has 8 heteroatoms. The lowest BCUT2D eigenvalue weighted by atomic mass is 10.1. The summed E-state index contributed by atoms with van der Waals surface area (Å²) in [7, 11) is 1.76. The third kappa shape index (κ3) is 4.37. The van der Waals surface area contributed by atoms with Gasteiger partial charge >= 0.3 is 0 Å². The van der Waals surface area contributed by atoms with Gasteiger partial charge in [-0.1, -0.05) is 12.1 Å². The normalized spacial score (nSPS) is 21.6. The van der Waals surface area contributed by atoms with Gasteiger partial charge in [0.1, 0.15) is 11.6 Å². The molecule has 0 unspecified atom stereocenters. The van der Waals surface area contributed by atoms with Crippen LogP contribution in [0.1, 0.15) is 36.6 Å². The van der Waals surface area contributed by atoms with Gasteiger partial charge in [0.25, 0.3) is 0 Å². The van der Waals surface area contributed by atoms with Gasteiger partial charge < -0.3 is 9.64 Å². The topological polar surface area (TPSA) is 71.7 Å². The van der Waals surface area contributed by atoms with Crippen LogP contribution in [0.3, 0.4) is 0 Å². The van der Waals surface area contributed by atoms with Crippen molar-refractivity contribution in [1.82, 2.24) is 24.6 Å². The maximum Gasteiger partial charge on any atom is 0.159 e. The first-order valence-corrected chi connectivity index (χ1v) is 12.2. The number of aryl methyl sites for hydroxylation is 1. The molecule has 0 bridgehead atoms. The monoisotopic (exact) mass is 457 g/mol. The van der Waals surface area contributed by atoms with Crippen molar-refractivity contribution in [2.45, 2.75) is 32.1 Å². The molecule has 1 spiro atoms. The summed E-state index contributed by atoms with van der Waals surface area (Å²) in [5.41, 5.74) is 3.27. The Morgan fingerprint density at radius 2 is 1.85 bits per heavy atom. The molecule has 2 saturated carbocycles. The lowest BCUT2D eigenvalue weighted by Gasteiger charge is -2.35. The van der Waals surface area contributed by atoms with Gasteiger partial charge in [0, 0.05) is 57.2 Å². The first-order chi connectivity index (χ1) is 16.6. The van der Waals surface area contributed by atoms with Crippen LogP contribution in [0.15, 0.2) is 41.7 Å². The zero-order valence-electron chi connectivity index (χ0n) is 19.9. The van der Waals surface area contributed by atoms with E-state index in [-0.39, 0.29) is 0 Å². The zero-order chi connectivity index (χ0) is 23.1. The molecule has 8 nitrogen and oxygen atoms in total. The number of aromatic nitrogens is 4. The Labute approximate surface area is 200 Å². The van der Waals surface area contributed by atoms with Crippen molar-refractivity contribution >= 4 is 22.6 Å². The number of rotatable bonds is 6. The van der Waals surface area contributed by atoms with Gasteiger partial charge in [-0.25, -0.2) is 19.6 Å². The molecule has 2 aliphatic carbocycles. The number of methoxy groups -OCH3 is 1. The van der Waals surface area contributed by atoms with E-state index in [1.165, 1.54) is 30.2 Å². The van der Waals surface area contributed by atoms with Gasteiger partial charge in [-0.2, -0.15) is 5.10 Å². The smallest absolute Gasteiger partial charge is 0.159 e. The minimum atomic E-state index is 0.655. The summed E-state index contributed by atoms with van der Waals surface area (Å²) < 4.78 is 7.21. The highest BCUT2D eigenvalue weighted by atomic mass is 16.5. The largest absolute Gasteiger partial charge is 0.383 e. The highest BCUT2D eigenvalue weighted by Crippen LogP contribution is 2.75. The summed E-state index contributed by atoms with van der Waals surface area (Å²) in [6.45, 7) is 7.73. The van der Waals surface area contributed by atoms with Crippen LogP contribution in [0, 0.1) is 12.3 Å². The third-order valence-electron chi connectivity index (χ3n) is 7.54. The quantitative estimate of drug-likeness (QED) is 0.565. The number of fused-ring (bicyclic) bond motifs is 1. The van der Waals surface area contributed by atoms with Gasteiger partial charge in [-0.05, 0) is 49.1 Å². The summed E-state index contributed by atoms with van der Waals surface area (Å²) in [6, 6.07) is 8.95. The molecule has 34 heavy (non-hydrogen) atoms. The van der Waals surface area contributed by atoms with Crippen molar-refractivity contribution in [3.63, 3.8) is 0 Å². The first kappa shape index (κ1) is 21.5. The van der Waals surface area contributed by atoms with E-state index in [1.54, 1.807) is 13.3 Å². The molecular formula is C26H31N7O. The van der Waals surface area contributed by atoms with Gasteiger partial charge in [0.05, 0.1) is 24.5 Å². The standard InChI is InChI=1S/C24H30N6O.C2HN/c1-17-26-22(29-9-7-28(8-10-29)11-12-31-2)14-23(27-17)30-21-13-18(3-4-19(21)16-25-30)20-15-24(20)5-6-24;1-2-3-1/h3-4,13-14,16,20H,5-12,15H2,1-2H3;1H/t20-;/m0./s1. The number of hydrogen-bond acceptors (Lipinski definition) is 7. The van der Waals surface area contributed by atoms with Gasteiger partial charge in [-0.3, -0.25) is 4.90 Å². The number of anilines is 1. The Morgan fingerprint density at radius 1 is 1.09 bits per heavy atom. The van der Waals surface area contributed by atoms with Gasteiger partial charge in [0.15, 0.2) is 5.82 Å². The van der Waals surface area contributed by atoms with E-state index in [0.717, 1.165) is 68.2 Å². The molecule has 4 heterocycles. The molecule has 1 aromatic carbocycles. The SMILES string of the molecule is C1=CN=1.COCCN1CCN(c2cc(-n3ncc4ccc([C@@H]5CC56CC6)cc43)nc(C)n2)CC1. The van der Waals surface area contributed by atoms with Crippen molar-refractivity contribution in [3.8, 4) is 5.82 Å². The summed E-state index contributed by atoms with van der Waals surface area (Å²) >= 11 is 0. The molecule has 2 aromatic heterocycles. The highest BCUT2D eigenvalue weighted by molar-refractivity contribution is 5.81. The van der Waals surface area contributed by atoms with Gasteiger partial charge in [-0.15, -0.1) is 0 Å². The van der Waals surface area contributed by atoms with Crippen LogP contribution in [-0.2, 0) is 4.74 Å². The first-order valence-electron chi connectivity index (χ1n) is 12.2. The van der Waals surface area contributed by atoms with Crippen LogP contribution >= 0.6 is 0 Å². The number of piperazine rings is 1. The highest BCUT2D eigenvalue weighted by Gasteiger charge is 2.62. The van der Waals surface area contributed by atoms with Crippen LogP contribution < -0.4 is 4.90 Å². The van der Waals surface area contributed by atoms with E-state index in [0.29, 0.717) is 5.41 Å². The molecule has 176 valence electrons.